The highest BCUT2D eigenvalue weighted by molar-refractivity contribution is 6.64. The van der Waals surface area contributed by atoms with Crippen molar-refractivity contribution in [2.24, 2.45) is 0 Å². The minimum Gasteiger partial charge on any atom is -0.344 e. The van der Waals surface area contributed by atoms with Gasteiger partial charge in [-0.05, 0) is 29.8 Å². The second kappa shape index (κ2) is 5.35. The third kappa shape index (κ3) is 3.70. The molecule has 0 aliphatic carbocycles. The van der Waals surface area contributed by atoms with Crippen LogP contribution in [0.4, 0.5) is 0 Å². The molecule has 0 unspecified atom stereocenters. The number of benzene rings is 1. The van der Waals surface area contributed by atoms with Gasteiger partial charge in [-0.3, -0.25) is 9.59 Å². The van der Waals surface area contributed by atoms with Crippen LogP contribution in [-0.2, 0) is 4.79 Å². The molecule has 0 aliphatic heterocycles. The second-order valence-corrected chi connectivity index (χ2v) is 3.90. The maximum atomic E-state index is 11.4. The summed E-state index contributed by atoms with van der Waals surface area (Å²) < 4.78 is 0. The third-order valence-corrected chi connectivity index (χ3v) is 2.44. The highest BCUT2D eigenvalue weighted by Gasteiger charge is 2.08. The lowest BCUT2D eigenvalue weighted by atomic mass is 10.2. The molecule has 1 aromatic carbocycles. The Morgan fingerprint density at radius 2 is 1.87 bits per heavy atom. The van der Waals surface area contributed by atoms with E-state index in [-0.39, 0.29) is 11.6 Å². The summed E-state index contributed by atoms with van der Waals surface area (Å²) in [6.45, 7) is -0.222. The second-order valence-electron chi connectivity index (χ2n) is 2.67. The van der Waals surface area contributed by atoms with Crippen LogP contribution in [0.5, 0.6) is 0 Å². The molecule has 1 aromatic rings. The zero-order valence-electron chi connectivity index (χ0n) is 7.39. The SMILES string of the molecule is O=C(Cl)CNC(=O)c1ccc(Cl)c(Cl)c1. The Morgan fingerprint density at radius 3 is 2.40 bits per heavy atom. The van der Waals surface area contributed by atoms with E-state index in [2.05, 4.69) is 5.32 Å². The average Bonchev–Trinajstić information content (AvgIpc) is 2.18. The molecule has 0 saturated carbocycles. The number of nitrogens with one attached hydrogen (secondary N) is 1. The van der Waals surface area contributed by atoms with Gasteiger partial charge < -0.3 is 5.32 Å². The van der Waals surface area contributed by atoms with Crippen molar-refractivity contribution in [3.8, 4) is 0 Å². The third-order valence-electron chi connectivity index (χ3n) is 1.57. The van der Waals surface area contributed by atoms with E-state index in [0.29, 0.717) is 10.6 Å². The first kappa shape index (κ1) is 12.3. The van der Waals surface area contributed by atoms with E-state index in [9.17, 15) is 9.59 Å². The first-order valence-corrected chi connectivity index (χ1v) is 5.05. The smallest absolute Gasteiger partial charge is 0.251 e. The molecule has 0 aromatic heterocycles. The average molecular weight is 267 g/mol. The molecule has 0 fully saturated rings. The molecular formula is C9H6Cl3NO2. The fraction of sp³-hybridized carbons (Fsp3) is 0.111. The molecule has 0 heterocycles. The summed E-state index contributed by atoms with van der Waals surface area (Å²) in [7, 11) is 0. The van der Waals surface area contributed by atoms with Gasteiger partial charge in [0.1, 0.15) is 0 Å². The highest BCUT2D eigenvalue weighted by atomic mass is 35.5. The van der Waals surface area contributed by atoms with Crippen LogP contribution in [0.15, 0.2) is 18.2 Å². The van der Waals surface area contributed by atoms with Gasteiger partial charge in [-0.15, -0.1) is 0 Å². The Morgan fingerprint density at radius 1 is 1.20 bits per heavy atom. The van der Waals surface area contributed by atoms with Crippen LogP contribution in [0.1, 0.15) is 10.4 Å². The molecule has 6 heteroatoms. The summed E-state index contributed by atoms with van der Waals surface area (Å²) >= 11 is 16.5. The molecule has 15 heavy (non-hydrogen) atoms. The van der Waals surface area contributed by atoms with Crippen molar-refractivity contribution in [2.75, 3.05) is 6.54 Å². The Balaban J connectivity index is 2.74. The van der Waals surface area contributed by atoms with E-state index in [1.54, 1.807) is 0 Å². The summed E-state index contributed by atoms with van der Waals surface area (Å²) in [4.78, 5) is 21.8. The van der Waals surface area contributed by atoms with Crippen molar-refractivity contribution in [1.29, 1.82) is 0 Å². The van der Waals surface area contributed by atoms with E-state index < -0.39 is 11.1 Å². The fourth-order valence-corrected chi connectivity index (χ4v) is 1.25. The molecule has 0 bridgehead atoms. The van der Waals surface area contributed by atoms with Crippen LogP contribution in [0.3, 0.4) is 0 Å². The lowest BCUT2D eigenvalue weighted by Gasteiger charge is -2.03. The molecule has 0 spiro atoms. The molecule has 1 amide bonds. The number of amides is 1. The van der Waals surface area contributed by atoms with Gasteiger partial charge in [-0.2, -0.15) is 0 Å². The highest BCUT2D eigenvalue weighted by Crippen LogP contribution is 2.22. The summed E-state index contributed by atoms with van der Waals surface area (Å²) in [5.41, 5.74) is 0.322. The largest absolute Gasteiger partial charge is 0.344 e. The molecule has 80 valence electrons. The van der Waals surface area contributed by atoms with Crippen molar-refractivity contribution in [3.63, 3.8) is 0 Å². The summed E-state index contributed by atoms with van der Waals surface area (Å²) in [6.07, 6.45) is 0. The zero-order chi connectivity index (χ0) is 11.4. The summed E-state index contributed by atoms with van der Waals surface area (Å²) in [5.74, 6) is -0.428. The number of carbonyl (C=O) groups is 2. The first-order valence-electron chi connectivity index (χ1n) is 3.92. The number of hydrogen-bond donors (Lipinski definition) is 1. The normalized spacial score (nSPS) is 9.80. The van der Waals surface area contributed by atoms with Gasteiger partial charge in [0.2, 0.25) is 5.24 Å². The van der Waals surface area contributed by atoms with Crippen molar-refractivity contribution in [3.05, 3.63) is 33.8 Å². The van der Waals surface area contributed by atoms with Gasteiger partial charge in [0.25, 0.3) is 5.91 Å². The molecular weight excluding hydrogens is 260 g/mol. The van der Waals surface area contributed by atoms with Crippen LogP contribution in [0.2, 0.25) is 10.0 Å². The molecule has 1 N–H and O–H groups in total. The van der Waals surface area contributed by atoms with E-state index in [4.69, 9.17) is 34.8 Å². The van der Waals surface area contributed by atoms with Gasteiger partial charge in [-0.1, -0.05) is 23.2 Å². The van der Waals surface area contributed by atoms with Gasteiger partial charge in [-0.25, -0.2) is 0 Å². The van der Waals surface area contributed by atoms with E-state index in [1.807, 2.05) is 0 Å². The Labute approximate surface area is 101 Å². The summed E-state index contributed by atoms with van der Waals surface area (Å²) in [5, 5.41) is 2.33. The number of carbonyl (C=O) groups excluding carboxylic acids is 2. The fourth-order valence-electron chi connectivity index (χ4n) is 0.889. The first-order chi connectivity index (χ1) is 7.00. The minimum atomic E-state index is -0.636. The molecule has 3 nitrogen and oxygen atoms in total. The Kier molecular flexibility index (Phi) is 4.39. The standard InChI is InChI=1S/C9H6Cl3NO2/c10-6-2-1-5(3-7(6)11)9(15)13-4-8(12)14/h1-3H,4H2,(H,13,15). The number of rotatable bonds is 3. The van der Waals surface area contributed by atoms with Crippen LogP contribution < -0.4 is 5.32 Å². The van der Waals surface area contributed by atoms with Crippen molar-refractivity contribution in [2.45, 2.75) is 0 Å². The topological polar surface area (TPSA) is 46.2 Å². The van der Waals surface area contributed by atoms with E-state index in [0.717, 1.165) is 0 Å². The van der Waals surface area contributed by atoms with Gasteiger partial charge in [0, 0.05) is 5.56 Å². The maximum absolute atomic E-state index is 11.4. The monoisotopic (exact) mass is 265 g/mol. The minimum absolute atomic E-state index is 0.222. The van der Waals surface area contributed by atoms with Crippen LogP contribution in [0, 0.1) is 0 Å². The molecule has 0 aliphatic rings. The molecule has 0 atom stereocenters. The van der Waals surface area contributed by atoms with Crippen molar-refractivity contribution < 1.29 is 9.59 Å². The molecule has 0 radical (unpaired) electrons. The van der Waals surface area contributed by atoms with Gasteiger partial charge >= 0.3 is 0 Å². The van der Waals surface area contributed by atoms with Crippen molar-refractivity contribution >= 4 is 46.0 Å². The quantitative estimate of drug-likeness (QED) is 0.854. The number of hydrogen-bond acceptors (Lipinski definition) is 2. The Hall–Kier alpha value is -0.770. The zero-order valence-corrected chi connectivity index (χ0v) is 9.66. The van der Waals surface area contributed by atoms with E-state index >= 15 is 0 Å². The molecule has 1 rings (SSSR count). The maximum Gasteiger partial charge on any atom is 0.251 e. The van der Waals surface area contributed by atoms with Crippen LogP contribution in [-0.4, -0.2) is 17.7 Å². The number of halogens is 3. The lowest BCUT2D eigenvalue weighted by molar-refractivity contribution is -0.110. The summed E-state index contributed by atoms with van der Waals surface area (Å²) in [6, 6.07) is 4.42. The lowest BCUT2D eigenvalue weighted by Crippen LogP contribution is -2.27. The van der Waals surface area contributed by atoms with Crippen LogP contribution in [0.25, 0.3) is 0 Å². The van der Waals surface area contributed by atoms with Gasteiger partial charge in [0.05, 0.1) is 16.6 Å². The predicted octanol–water partition coefficient (Wildman–Crippen LogP) is 2.49. The molecule has 0 saturated heterocycles. The van der Waals surface area contributed by atoms with E-state index in [1.165, 1.54) is 18.2 Å². The van der Waals surface area contributed by atoms with Crippen LogP contribution >= 0.6 is 34.8 Å². The predicted molar refractivity (Wildman–Crippen MR) is 59.7 cm³/mol. The van der Waals surface area contributed by atoms with Gasteiger partial charge in [0.15, 0.2) is 0 Å². The van der Waals surface area contributed by atoms with Crippen molar-refractivity contribution in [1.82, 2.24) is 5.32 Å². The Bertz CT molecular complexity index is 406.